The van der Waals surface area contributed by atoms with Gasteiger partial charge in [-0.2, -0.15) is 0 Å². The molecule has 0 heterocycles. The van der Waals surface area contributed by atoms with E-state index in [0.29, 0.717) is 6.67 Å². The Morgan fingerprint density at radius 3 is 2.42 bits per heavy atom. The quantitative estimate of drug-likeness (QED) is 0.301. The largest absolute Gasteiger partial charge is 0.496 e. The van der Waals surface area contributed by atoms with Gasteiger partial charge in [-0.25, -0.2) is 5.43 Å². The van der Waals surface area contributed by atoms with E-state index < -0.39 is 0 Å². The summed E-state index contributed by atoms with van der Waals surface area (Å²) in [4.78, 5) is 0. The molecule has 0 saturated heterocycles. The first-order chi connectivity index (χ1) is 8.97. The van der Waals surface area contributed by atoms with Gasteiger partial charge in [-0.3, -0.25) is 5.84 Å². The van der Waals surface area contributed by atoms with Crippen molar-refractivity contribution in [2.45, 2.75) is 26.2 Å². The van der Waals surface area contributed by atoms with Crippen LogP contribution < -0.4 is 26.1 Å². The fourth-order valence-corrected chi connectivity index (χ4v) is 2.23. The molecule has 19 heavy (non-hydrogen) atoms. The Balaban J connectivity index is 3.08. The van der Waals surface area contributed by atoms with Crippen LogP contribution in [0.2, 0.25) is 0 Å². The second-order valence-electron chi connectivity index (χ2n) is 5.17. The lowest BCUT2D eigenvalue weighted by Crippen LogP contribution is -2.40. The molecule has 0 fully saturated rings. The molecule has 0 saturated carbocycles. The highest BCUT2D eigenvalue weighted by Crippen LogP contribution is 2.37. The smallest absolute Gasteiger partial charge is 0.129 e. The highest BCUT2D eigenvalue weighted by Gasteiger charge is 2.26. The number of ether oxygens (including phenoxy) is 2. The summed E-state index contributed by atoms with van der Waals surface area (Å²) in [5.41, 5.74) is 4.69. The fraction of sp³-hybridized carbons (Fsp3) is 0.571. The summed E-state index contributed by atoms with van der Waals surface area (Å²) in [6.07, 6.45) is 0. The van der Waals surface area contributed by atoms with Crippen molar-refractivity contribution in [1.29, 1.82) is 0 Å². The third-order valence-corrected chi connectivity index (χ3v) is 3.30. The molecule has 5 nitrogen and oxygen atoms in total. The lowest BCUT2D eigenvalue weighted by molar-refractivity contribution is 0.369. The topological polar surface area (TPSA) is 68.5 Å². The third-order valence-electron chi connectivity index (χ3n) is 3.30. The molecular formula is C14H25N3O2. The minimum absolute atomic E-state index is 0.0702. The molecule has 0 atom stereocenters. The molecule has 0 spiro atoms. The van der Waals surface area contributed by atoms with Gasteiger partial charge in [0.15, 0.2) is 0 Å². The summed E-state index contributed by atoms with van der Waals surface area (Å²) in [5.74, 6) is 6.98. The van der Waals surface area contributed by atoms with E-state index in [1.807, 2.05) is 13.0 Å². The second-order valence-corrected chi connectivity index (χ2v) is 5.17. The Morgan fingerprint density at radius 1 is 1.21 bits per heavy atom. The normalized spacial score (nSPS) is 11.5. The summed E-state index contributed by atoms with van der Waals surface area (Å²) < 4.78 is 10.9. The van der Waals surface area contributed by atoms with E-state index in [2.05, 4.69) is 30.7 Å². The SMILES string of the molecule is COc1ccc(C(C)(C)CNCNN)c(OC)c1C. The summed E-state index contributed by atoms with van der Waals surface area (Å²) in [5, 5.41) is 3.25. The molecule has 1 rings (SSSR count). The van der Waals surface area contributed by atoms with E-state index >= 15 is 0 Å². The van der Waals surface area contributed by atoms with Crippen LogP contribution in [-0.4, -0.2) is 27.4 Å². The highest BCUT2D eigenvalue weighted by atomic mass is 16.5. The van der Waals surface area contributed by atoms with Crippen LogP contribution in [0.5, 0.6) is 11.5 Å². The minimum atomic E-state index is -0.0702. The molecular weight excluding hydrogens is 242 g/mol. The van der Waals surface area contributed by atoms with E-state index in [4.69, 9.17) is 15.3 Å². The van der Waals surface area contributed by atoms with Crippen molar-refractivity contribution in [2.75, 3.05) is 27.4 Å². The number of hydrazine groups is 1. The number of hydrogen-bond acceptors (Lipinski definition) is 5. The van der Waals surface area contributed by atoms with Gasteiger partial charge in [-0.1, -0.05) is 19.9 Å². The van der Waals surface area contributed by atoms with Gasteiger partial charge in [0, 0.05) is 23.1 Å². The first-order valence-corrected chi connectivity index (χ1v) is 6.34. The molecule has 1 aromatic rings. The van der Waals surface area contributed by atoms with Crippen LogP contribution in [0.1, 0.15) is 25.0 Å². The maximum absolute atomic E-state index is 5.56. The zero-order valence-corrected chi connectivity index (χ0v) is 12.5. The Labute approximate surface area is 115 Å². The first kappa shape index (κ1) is 15.8. The Kier molecular flexibility index (Phi) is 5.60. The van der Waals surface area contributed by atoms with E-state index in [1.165, 1.54) is 0 Å². The molecule has 0 unspecified atom stereocenters. The average molecular weight is 267 g/mol. The van der Waals surface area contributed by atoms with Crippen molar-refractivity contribution in [3.05, 3.63) is 23.3 Å². The second kappa shape index (κ2) is 6.75. The zero-order chi connectivity index (χ0) is 14.5. The predicted octanol–water partition coefficient (Wildman–Crippen LogP) is 1.30. The van der Waals surface area contributed by atoms with E-state index in [-0.39, 0.29) is 5.41 Å². The van der Waals surface area contributed by atoms with Crippen LogP contribution in [0.25, 0.3) is 0 Å². The van der Waals surface area contributed by atoms with Crippen LogP contribution >= 0.6 is 0 Å². The van der Waals surface area contributed by atoms with Crippen LogP contribution in [0.4, 0.5) is 0 Å². The Hall–Kier alpha value is -1.30. The molecule has 0 aliphatic carbocycles. The number of benzene rings is 1. The first-order valence-electron chi connectivity index (χ1n) is 6.34. The third kappa shape index (κ3) is 3.59. The van der Waals surface area contributed by atoms with Crippen LogP contribution in [-0.2, 0) is 5.41 Å². The molecule has 0 aliphatic heterocycles. The number of nitrogens with one attached hydrogen (secondary N) is 2. The van der Waals surface area contributed by atoms with Gasteiger partial charge in [0.2, 0.25) is 0 Å². The van der Waals surface area contributed by atoms with Gasteiger partial charge in [0.05, 0.1) is 20.9 Å². The minimum Gasteiger partial charge on any atom is -0.496 e. The zero-order valence-electron chi connectivity index (χ0n) is 12.5. The van der Waals surface area contributed by atoms with Crippen LogP contribution in [0, 0.1) is 6.92 Å². The van der Waals surface area contributed by atoms with E-state index in [0.717, 1.165) is 29.2 Å². The number of rotatable bonds is 7. The molecule has 4 N–H and O–H groups in total. The summed E-state index contributed by atoms with van der Waals surface area (Å²) in [7, 11) is 3.36. The van der Waals surface area contributed by atoms with Gasteiger partial charge >= 0.3 is 0 Å². The van der Waals surface area contributed by atoms with Crippen LogP contribution in [0.3, 0.4) is 0 Å². The van der Waals surface area contributed by atoms with Crippen molar-refractivity contribution in [3.63, 3.8) is 0 Å². The molecule has 0 aliphatic rings. The standard InChI is InChI=1S/C14H25N3O2/c1-10-12(18-4)7-6-11(13(10)19-5)14(2,3)8-16-9-17-15/h6-7,16-17H,8-9,15H2,1-5H3. The number of methoxy groups -OCH3 is 2. The van der Waals surface area contributed by atoms with Gasteiger partial charge in [-0.15, -0.1) is 0 Å². The summed E-state index contributed by atoms with van der Waals surface area (Å²) >= 11 is 0. The van der Waals surface area contributed by atoms with Crippen LogP contribution in [0.15, 0.2) is 12.1 Å². The maximum atomic E-state index is 5.56. The average Bonchev–Trinajstić information content (AvgIpc) is 2.38. The Bertz CT molecular complexity index is 419. The lowest BCUT2D eigenvalue weighted by atomic mass is 9.83. The maximum Gasteiger partial charge on any atom is 0.129 e. The Morgan fingerprint density at radius 2 is 1.89 bits per heavy atom. The summed E-state index contributed by atoms with van der Waals surface area (Å²) in [6.45, 7) is 7.70. The predicted molar refractivity (Wildman–Crippen MR) is 77.5 cm³/mol. The molecule has 1 aromatic carbocycles. The highest BCUT2D eigenvalue weighted by molar-refractivity contribution is 5.52. The van der Waals surface area contributed by atoms with Gasteiger partial charge in [0.25, 0.3) is 0 Å². The van der Waals surface area contributed by atoms with Crippen molar-refractivity contribution in [1.82, 2.24) is 10.7 Å². The molecule has 0 radical (unpaired) electrons. The number of nitrogens with two attached hydrogens (primary N) is 1. The monoisotopic (exact) mass is 267 g/mol. The molecule has 5 heteroatoms. The summed E-state index contributed by atoms with van der Waals surface area (Å²) in [6, 6.07) is 4.04. The van der Waals surface area contributed by atoms with Crippen molar-refractivity contribution in [3.8, 4) is 11.5 Å². The lowest BCUT2D eigenvalue weighted by Gasteiger charge is -2.29. The molecule has 0 aromatic heterocycles. The van der Waals surface area contributed by atoms with Gasteiger partial charge in [0.1, 0.15) is 11.5 Å². The van der Waals surface area contributed by atoms with Gasteiger partial charge in [-0.05, 0) is 13.0 Å². The van der Waals surface area contributed by atoms with Crippen molar-refractivity contribution >= 4 is 0 Å². The molecule has 108 valence electrons. The van der Waals surface area contributed by atoms with Crippen molar-refractivity contribution in [2.24, 2.45) is 5.84 Å². The number of hydrogen-bond donors (Lipinski definition) is 3. The van der Waals surface area contributed by atoms with E-state index in [9.17, 15) is 0 Å². The fourth-order valence-electron chi connectivity index (χ4n) is 2.23. The van der Waals surface area contributed by atoms with Crippen molar-refractivity contribution < 1.29 is 9.47 Å². The molecule has 0 amide bonds. The van der Waals surface area contributed by atoms with Gasteiger partial charge < -0.3 is 14.8 Å². The van der Waals surface area contributed by atoms with E-state index in [1.54, 1.807) is 14.2 Å². The molecule has 0 bridgehead atoms.